The molecule has 0 rings (SSSR count). The number of quaternary nitrogens is 1. The number of hydrogen-bond donors (Lipinski definition) is 2. The molecule has 0 saturated carbocycles. The zero-order valence-electron chi connectivity index (χ0n) is 17.4. The van der Waals surface area contributed by atoms with Crippen LogP contribution in [0.5, 0.6) is 0 Å². The SMILES string of the molecule is CCCCCCCCCCCCCC(=O)OCC[N+](C)(CCO)CCO. The first-order valence-electron chi connectivity index (χ1n) is 10.8. The van der Waals surface area contributed by atoms with Crippen molar-refractivity contribution in [2.45, 2.75) is 84.0 Å². The number of carbonyl (C=O) groups is 1. The van der Waals surface area contributed by atoms with Crippen LogP contribution in [0.4, 0.5) is 0 Å². The van der Waals surface area contributed by atoms with Crippen molar-refractivity contribution >= 4 is 5.97 Å². The van der Waals surface area contributed by atoms with E-state index in [1.165, 1.54) is 57.8 Å². The lowest BCUT2D eigenvalue weighted by molar-refractivity contribution is -0.910. The molecular weight excluding hydrogens is 330 g/mol. The number of unbranched alkanes of at least 4 members (excludes halogenated alkanes) is 10. The minimum atomic E-state index is -0.125. The van der Waals surface area contributed by atoms with Gasteiger partial charge in [0.2, 0.25) is 0 Å². The third kappa shape index (κ3) is 15.6. The first-order chi connectivity index (χ1) is 12.6. The maximum Gasteiger partial charge on any atom is 0.305 e. The molecule has 0 radical (unpaired) electrons. The number of aliphatic hydroxyl groups is 2. The van der Waals surface area contributed by atoms with Gasteiger partial charge in [-0.2, -0.15) is 0 Å². The summed E-state index contributed by atoms with van der Waals surface area (Å²) in [6, 6.07) is 0. The van der Waals surface area contributed by atoms with Gasteiger partial charge in [0, 0.05) is 6.42 Å². The van der Waals surface area contributed by atoms with E-state index in [1.54, 1.807) is 0 Å². The summed E-state index contributed by atoms with van der Waals surface area (Å²) in [5, 5.41) is 18.2. The Kier molecular flexibility index (Phi) is 17.3. The monoisotopic (exact) mass is 374 g/mol. The first kappa shape index (κ1) is 25.4. The largest absolute Gasteiger partial charge is 0.460 e. The lowest BCUT2D eigenvalue weighted by atomic mass is 10.1. The number of likely N-dealkylation sites (N-methyl/N-ethyl adjacent to an activating group) is 1. The van der Waals surface area contributed by atoms with Crippen LogP contribution in [-0.4, -0.2) is 67.2 Å². The number of aliphatic hydroxyl groups excluding tert-OH is 2. The second-order valence-electron chi connectivity index (χ2n) is 7.74. The summed E-state index contributed by atoms with van der Waals surface area (Å²) in [5.41, 5.74) is 0. The number of carbonyl (C=O) groups excluding carboxylic acids is 1. The van der Waals surface area contributed by atoms with Gasteiger partial charge in [-0.15, -0.1) is 0 Å². The Morgan fingerprint density at radius 2 is 1.23 bits per heavy atom. The molecule has 0 spiro atoms. The highest BCUT2D eigenvalue weighted by molar-refractivity contribution is 5.69. The number of esters is 1. The Morgan fingerprint density at radius 3 is 1.69 bits per heavy atom. The van der Waals surface area contributed by atoms with E-state index in [-0.39, 0.29) is 19.2 Å². The summed E-state index contributed by atoms with van der Waals surface area (Å²) in [7, 11) is 1.96. The highest BCUT2D eigenvalue weighted by Crippen LogP contribution is 2.12. The van der Waals surface area contributed by atoms with Crippen LogP contribution in [0.25, 0.3) is 0 Å². The topological polar surface area (TPSA) is 66.8 Å². The van der Waals surface area contributed by atoms with Gasteiger partial charge in [-0.1, -0.05) is 71.1 Å². The maximum atomic E-state index is 11.8. The van der Waals surface area contributed by atoms with E-state index in [0.29, 0.717) is 37.1 Å². The average molecular weight is 375 g/mol. The molecule has 0 aromatic carbocycles. The van der Waals surface area contributed by atoms with Crippen LogP contribution >= 0.6 is 0 Å². The van der Waals surface area contributed by atoms with Crippen molar-refractivity contribution in [3.63, 3.8) is 0 Å². The Balaban J connectivity index is 3.49. The summed E-state index contributed by atoms with van der Waals surface area (Å²) < 4.78 is 5.83. The summed E-state index contributed by atoms with van der Waals surface area (Å²) in [4.78, 5) is 11.8. The third-order valence-electron chi connectivity index (χ3n) is 5.16. The van der Waals surface area contributed by atoms with E-state index in [0.717, 1.165) is 12.8 Å². The predicted octanol–water partition coefficient (Wildman–Crippen LogP) is 3.66. The van der Waals surface area contributed by atoms with Crippen LogP contribution in [0.2, 0.25) is 0 Å². The van der Waals surface area contributed by atoms with Crippen molar-refractivity contribution < 1.29 is 24.2 Å². The van der Waals surface area contributed by atoms with Crippen molar-refractivity contribution in [1.82, 2.24) is 0 Å². The molecule has 0 fully saturated rings. The fraction of sp³-hybridized carbons (Fsp3) is 0.952. The van der Waals surface area contributed by atoms with Crippen molar-refractivity contribution in [2.75, 3.05) is 46.5 Å². The molecule has 0 bridgehead atoms. The van der Waals surface area contributed by atoms with E-state index >= 15 is 0 Å². The zero-order chi connectivity index (χ0) is 19.5. The molecule has 0 unspecified atom stereocenters. The molecule has 156 valence electrons. The Labute approximate surface area is 161 Å². The summed E-state index contributed by atoms with van der Waals surface area (Å²) in [5.74, 6) is -0.125. The molecule has 0 aliphatic heterocycles. The number of rotatable bonds is 19. The molecule has 0 aliphatic rings. The normalized spacial score (nSPS) is 11.7. The Morgan fingerprint density at radius 1 is 0.769 bits per heavy atom. The Hall–Kier alpha value is -0.650. The summed E-state index contributed by atoms with van der Waals surface area (Å²) in [6.07, 6.45) is 14.5. The second kappa shape index (κ2) is 17.7. The quantitative estimate of drug-likeness (QED) is 0.206. The fourth-order valence-electron chi connectivity index (χ4n) is 3.20. The van der Waals surface area contributed by atoms with Gasteiger partial charge in [-0.05, 0) is 6.42 Å². The minimum Gasteiger partial charge on any atom is -0.460 e. The number of hydrogen-bond acceptors (Lipinski definition) is 4. The molecule has 26 heavy (non-hydrogen) atoms. The lowest BCUT2D eigenvalue weighted by Gasteiger charge is -2.33. The van der Waals surface area contributed by atoms with Gasteiger partial charge < -0.3 is 19.4 Å². The molecule has 0 atom stereocenters. The van der Waals surface area contributed by atoms with Crippen LogP contribution in [-0.2, 0) is 9.53 Å². The van der Waals surface area contributed by atoms with Crippen LogP contribution in [0.1, 0.15) is 84.0 Å². The van der Waals surface area contributed by atoms with Crippen LogP contribution in [0, 0.1) is 0 Å². The molecule has 5 nitrogen and oxygen atoms in total. The van der Waals surface area contributed by atoms with Gasteiger partial charge in [0.05, 0.1) is 20.3 Å². The van der Waals surface area contributed by atoms with E-state index < -0.39 is 0 Å². The van der Waals surface area contributed by atoms with E-state index in [2.05, 4.69) is 6.92 Å². The van der Waals surface area contributed by atoms with Crippen LogP contribution < -0.4 is 0 Å². The smallest absolute Gasteiger partial charge is 0.305 e. The van der Waals surface area contributed by atoms with Gasteiger partial charge in [0.15, 0.2) is 0 Å². The van der Waals surface area contributed by atoms with Crippen LogP contribution in [0.3, 0.4) is 0 Å². The zero-order valence-corrected chi connectivity index (χ0v) is 17.4. The molecule has 5 heteroatoms. The molecule has 0 saturated heterocycles. The van der Waals surface area contributed by atoms with Gasteiger partial charge >= 0.3 is 5.97 Å². The summed E-state index contributed by atoms with van der Waals surface area (Å²) in [6.45, 7) is 4.51. The average Bonchev–Trinajstić information content (AvgIpc) is 2.60. The van der Waals surface area contributed by atoms with E-state index in [4.69, 9.17) is 14.9 Å². The molecule has 0 amide bonds. The van der Waals surface area contributed by atoms with E-state index in [1.807, 2.05) is 7.05 Å². The van der Waals surface area contributed by atoms with Crippen molar-refractivity contribution in [3.8, 4) is 0 Å². The fourth-order valence-corrected chi connectivity index (χ4v) is 3.20. The number of nitrogens with zero attached hydrogens (tertiary/aromatic N) is 1. The van der Waals surface area contributed by atoms with Gasteiger partial charge in [-0.3, -0.25) is 4.79 Å². The summed E-state index contributed by atoms with van der Waals surface area (Å²) >= 11 is 0. The van der Waals surface area contributed by atoms with Gasteiger partial charge in [-0.25, -0.2) is 0 Å². The maximum absolute atomic E-state index is 11.8. The van der Waals surface area contributed by atoms with Gasteiger partial charge in [0.1, 0.15) is 26.2 Å². The molecule has 0 aromatic heterocycles. The standard InChI is InChI=1S/C21H44NO4/c1-3-4-5-6-7-8-9-10-11-12-13-14-21(25)26-20-17-22(2,15-18-23)16-19-24/h23-24H,3-20H2,1-2H3/q+1. The highest BCUT2D eigenvalue weighted by Gasteiger charge is 2.20. The molecular formula is C21H44NO4+. The molecule has 0 aliphatic carbocycles. The highest BCUT2D eigenvalue weighted by atomic mass is 16.5. The molecule has 0 heterocycles. The third-order valence-corrected chi connectivity index (χ3v) is 5.16. The lowest BCUT2D eigenvalue weighted by Crippen LogP contribution is -2.50. The van der Waals surface area contributed by atoms with Crippen molar-refractivity contribution in [1.29, 1.82) is 0 Å². The van der Waals surface area contributed by atoms with Gasteiger partial charge in [0.25, 0.3) is 0 Å². The van der Waals surface area contributed by atoms with Crippen molar-refractivity contribution in [3.05, 3.63) is 0 Å². The first-order valence-corrected chi connectivity index (χ1v) is 10.8. The van der Waals surface area contributed by atoms with Crippen molar-refractivity contribution in [2.24, 2.45) is 0 Å². The van der Waals surface area contributed by atoms with Crippen LogP contribution in [0.15, 0.2) is 0 Å². The second-order valence-corrected chi connectivity index (χ2v) is 7.74. The minimum absolute atomic E-state index is 0.0726. The molecule has 2 N–H and O–H groups in total. The Bertz CT molecular complexity index is 317. The predicted molar refractivity (Wildman–Crippen MR) is 107 cm³/mol. The molecule has 0 aromatic rings. The number of ether oxygens (including phenoxy) is 1. The van der Waals surface area contributed by atoms with E-state index in [9.17, 15) is 4.79 Å².